The fraction of sp³-hybridized carbons (Fsp3) is 0.333. The van der Waals surface area contributed by atoms with E-state index in [9.17, 15) is 0 Å². The standard InChI is InChI=1S/C21H23N3/c1-4-5-14-21(2,3)20-23-16-11-7-6-10-15(16)19-22-17-12-8-9-13-18(17)24(19)20/h6-13H,4-5,14H2,1-3H3. The summed E-state index contributed by atoms with van der Waals surface area (Å²) in [7, 11) is 0. The van der Waals surface area contributed by atoms with Gasteiger partial charge in [-0.25, -0.2) is 9.97 Å². The maximum atomic E-state index is 5.07. The first-order valence-electron chi connectivity index (χ1n) is 8.78. The molecule has 0 aliphatic carbocycles. The molecule has 0 radical (unpaired) electrons. The molecule has 0 unspecified atom stereocenters. The van der Waals surface area contributed by atoms with Gasteiger partial charge in [0.05, 0.1) is 16.6 Å². The Hall–Kier alpha value is -2.42. The lowest BCUT2D eigenvalue weighted by atomic mass is 9.86. The highest BCUT2D eigenvalue weighted by molar-refractivity contribution is 5.96. The zero-order chi connectivity index (χ0) is 16.7. The molecule has 4 rings (SSSR count). The van der Waals surface area contributed by atoms with Gasteiger partial charge in [-0.3, -0.25) is 4.40 Å². The summed E-state index contributed by atoms with van der Waals surface area (Å²) >= 11 is 0. The third kappa shape index (κ3) is 2.27. The molecule has 2 heterocycles. The molecular weight excluding hydrogens is 294 g/mol. The van der Waals surface area contributed by atoms with Crippen LogP contribution in [0.2, 0.25) is 0 Å². The Morgan fingerprint density at radius 1 is 0.917 bits per heavy atom. The topological polar surface area (TPSA) is 30.2 Å². The smallest absolute Gasteiger partial charge is 0.148 e. The van der Waals surface area contributed by atoms with Crippen molar-refractivity contribution in [2.45, 2.75) is 45.4 Å². The SMILES string of the molecule is CCCCC(C)(C)c1nc2ccccc2c2nc3ccccc3n12. The highest BCUT2D eigenvalue weighted by Gasteiger charge is 2.27. The third-order valence-corrected chi connectivity index (χ3v) is 4.90. The first-order valence-corrected chi connectivity index (χ1v) is 8.78. The van der Waals surface area contributed by atoms with E-state index in [4.69, 9.17) is 9.97 Å². The van der Waals surface area contributed by atoms with Crippen molar-refractivity contribution in [2.75, 3.05) is 0 Å². The minimum absolute atomic E-state index is 0.00175. The largest absolute Gasteiger partial charge is 0.279 e. The summed E-state index contributed by atoms with van der Waals surface area (Å²) in [5, 5.41) is 1.11. The van der Waals surface area contributed by atoms with Crippen LogP contribution in [0, 0.1) is 0 Å². The van der Waals surface area contributed by atoms with Crippen molar-refractivity contribution in [1.29, 1.82) is 0 Å². The number of imidazole rings is 1. The van der Waals surface area contributed by atoms with E-state index in [-0.39, 0.29) is 5.41 Å². The van der Waals surface area contributed by atoms with Gasteiger partial charge in [0.15, 0.2) is 0 Å². The van der Waals surface area contributed by atoms with E-state index in [1.165, 1.54) is 12.8 Å². The van der Waals surface area contributed by atoms with Crippen LogP contribution in [-0.4, -0.2) is 14.4 Å². The summed E-state index contributed by atoms with van der Waals surface area (Å²) in [5.74, 6) is 1.11. The number of rotatable bonds is 4. The molecule has 2 aromatic heterocycles. The summed E-state index contributed by atoms with van der Waals surface area (Å²) in [6, 6.07) is 16.7. The van der Waals surface area contributed by atoms with E-state index in [0.717, 1.165) is 39.8 Å². The Morgan fingerprint density at radius 2 is 1.62 bits per heavy atom. The molecule has 3 nitrogen and oxygen atoms in total. The lowest BCUT2D eigenvalue weighted by molar-refractivity contribution is 0.430. The van der Waals surface area contributed by atoms with Crippen LogP contribution in [-0.2, 0) is 5.41 Å². The highest BCUT2D eigenvalue weighted by Crippen LogP contribution is 2.33. The van der Waals surface area contributed by atoms with Gasteiger partial charge in [0.25, 0.3) is 0 Å². The Bertz CT molecular complexity index is 1030. The number of benzene rings is 2. The van der Waals surface area contributed by atoms with Crippen molar-refractivity contribution in [3.63, 3.8) is 0 Å². The number of fused-ring (bicyclic) bond motifs is 5. The van der Waals surface area contributed by atoms with Gasteiger partial charge in [-0.05, 0) is 30.7 Å². The van der Waals surface area contributed by atoms with E-state index in [1.54, 1.807) is 0 Å². The van der Waals surface area contributed by atoms with E-state index in [0.29, 0.717) is 0 Å². The van der Waals surface area contributed by atoms with E-state index in [2.05, 4.69) is 67.6 Å². The van der Waals surface area contributed by atoms with Crippen molar-refractivity contribution in [3.8, 4) is 0 Å². The van der Waals surface area contributed by atoms with Gasteiger partial charge in [-0.15, -0.1) is 0 Å². The van der Waals surface area contributed by atoms with Gasteiger partial charge >= 0.3 is 0 Å². The average Bonchev–Trinajstić information content (AvgIpc) is 2.99. The number of nitrogens with zero attached hydrogens (tertiary/aromatic N) is 3. The maximum absolute atomic E-state index is 5.07. The van der Waals surface area contributed by atoms with Crippen molar-refractivity contribution < 1.29 is 0 Å². The van der Waals surface area contributed by atoms with Gasteiger partial charge in [0, 0.05) is 10.8 Å². The zero-order valence-electron chi connectivity index (χ0n) is 14.6. The zero-order valence-corrected chi connectivity index (χ0v) is 14.6. The van der Waals surface area contributed by atoms with Crippen LogP contribution in [0.3, 0.4) is 0 Å². The fourth-order valence-electron chi connectivity index (χ4n) is 3.53. The summed E-state index contributed by atoms with van der Waals surface area (Å²) in [5.41, 5.74) is 4.22. The quantitative estimate of drug-likeness (QED) is 0.497. The van der Waals surface area contributed by atoms with Gasteiger partial charge < -0.3 is 0 Å². The van der Waals surface area contributed by atoms with Crippen LogP contribution < -0.4 is 0 Å². The highest BCUT2D eigenvalue weighted by atomic mass is 15.1. The molecule has 3 heteroatoms. The van der Waals surface area contributed by atoms with Crippen molar-refractivity contribution >= 4 is 27.6 Å². The van der Waals surface area contributed by atoms with Gasteiger partial charge in [-0.2, -0.15) is 0 Å². The molecule has 0 aliphatic rings. The second kappa shape index (κ2) is 5.59. The number of aromatic nitrogens is 3. The predicted octanol–water partition coefficient (Wildman–Crippen LogP) is 5.50. The van der Waals surface area contributed by atoms with Crippen LogP contribution >= 0.6 is 0 Å². The van der Waals surface area contributed by atoms with Crippen molar-refractivity contribution in [1.82, 2.24) is 14.4 Å². The minimum Gasteiger partial charge on any atom is -0.279 e. The summed E-state index contributed by atoms with van der Waals surface area (Å²) < 4.78 is 2.27. The molecule has 122 valence electrons. The maximum Gasteiger partial charge on any atom is 0.148 e. The number of para-hydroxylation sites is 3. The van der Waals surface area contributed by atoms with Gasteiger partial charge in [-0.1, -0.05) is 57.9 Å². The van der Waals surface area contributed by atoms with Crippen molar-refractivity contribution in [3.05, 3.63) is 54.4 Å². The number of hydrogen-bond donors (Lipinski definition) is 0. The lowest BCUT2D eigenvalue weighted by Crippen LogP contribution is -2.23. The van der Waals surface area contributed by atoms with Crippen LogP contribution in [0.1, 0.15) is 45.9 Å². The molecule has 0 fully saturated rings. The Kier molecular flexibility index (Phi) is 3.52. The second-order valence-electron chi connectivity index (χ2n) is 7.20. The Labute approximate surface area is 142 Å². The normalized spacial score (nSPS) is 12.5. The molecule has 0 N–H and O–H groups in total. The first kappa shape index (κ1) is 15.1. The fourth-order valence-corrected chi connectivity index (χ4v) is 3.53. The van der Waals surface area contributed by atoms with Crippen molar-refractivity contribution in [2.24, 2.45) is 0 Å². The molecule has 0 saturated heterocycles. The second-order valence-corrected chi connectivity index (χ2v) is 7.20. The van der Waals surface area contributed by atoms with Gasteiger partial charge in [0.1, 0.15) is 11.5 Å². The Balaban J connectivity index is 2.13. The molecule has 0 spiro atoms. The van der Waals surface area contributed by atoms with E-state index < -0.39 is 0 Å². The third-order valence-electron chi connectivity index (χ3n) is 4.90. The summed E-state index contributed by atoms with van der Waals surface area (Å²) in [6.45, 7) is 6.84. The van der Waals surface area contributed by atoms with E-state index in [1.807, 2.05) is 6.07 Å². The molecule has 0 saturated carbocycles. The van der Waals surface area contributed by atoms with Crippen LogP contribution in [0.4, 0.5) is 0 Å². The molecule has 24 heavy (non-hydrogen) atoms. The predicted molar refractivity (Wildman–Crippen MR) is 101 cm³/mol. The molecule has 4 aromatic rings. The van der Waals surface area contributed by atoms with Gasteiger partial charge in [0.2, 0.25) is 0 Å². The Morgan fingerprint density at radius 3 is 2.42 bits per heavy atom. The summed E-state index contributed by atoms with van der Waals surface area (Å²) in [6.07, 6.45) is 3.52. The number of unbranched alkanes of at least 4 members (excludes halogenated alkanes) is 1. The minimum atomic E-state index is 0.00175. The molecule has 0 aliphatic heterocycles. The number of hydrogen-bond acceptors (Lipinski definition) is 2. The van der Waals surface area contributed by atoms with Crippen LogP contribution in [0.15, 0.2) is 48.5 Å². The monoisotopic (exact) mass is 317 g/mol. The molecule has 0 bridgehead atoms. The lowest BCUT2D eigenvalue weighted by Gasteiger charge is -2.25. The average molecular weight is 317 g/mol. The van der Waals surface area contributed by atoms with E-state index >= 15 is 0 Å². The molecule has 2 aromatic carbocycles. The van der Waals surface area contributed by atoms with Crippen LogP contribution in [0.5, 0.6) is 0 Å². The first-order chi connectivity index (χ1) is 11.6. The molecule has 0 atom stereocenters. The molecular formula is C21H23N3. The summed E-state index contributed by atoms with van der Waals surface area (Å²) in [4.78, 5) is 9.99. The van der Waals surface area contributed by atoms with Crippen LogP contribution in [0.25, 0.3) is 27.6 Å². The molecule has 0 amide bonds.